The lowest BCUT2D eigenvalue weighted by molar-refractivity contribution is -0.384. The third-order valence-corrected chi connectivity index (χ3v) is 3.58. The number of carbonyl (C=O) groups excluding carboxylic acids is 1. The first-order chi connectivity index (χ1) is 10.1. The SMILES string of the molecule is CC1CNCCN1C(=O)CCNc1ccccc1[N+](=O)[O-].Cl. The zero-order chi connectivity index (χ0) is 15.2. The van der Waals surface area contributed by atoms with Gasteiger partial charge in [-0.2, -0.15) is 0 Å². The predicted molar refractivity (Wildman–Crippen MR) is 87.5 cm³/mol. The zero-order valence-electron chi connectivity index (χ0n) is 12.4. The van der Waals surface area contributed by atoms with E-state index in [-0.39, 0.29) is 30.0 Å². The highest BCUT2D eigenvalue weighted by Gasteiger charge is 2.22. The fraction of sp³-hybridized carbons (Fsp3) is 0.500. The van der Waals surface area contributed by atoms with E-state index in [1.165, 1.54) is 6.07 Å². The second kappa shape index (κ2) is 8.55. The Labute approximate surface area is 135 Å². The Morgan fingerprint density at radius 3 is 2.91 bits per heavy atom. The van der Waals surface area contributed by atoms with Gasteiger partial charge in [-0.25, -0.2) is 0 Å². The highest BCUT2D eigenvalue weighted by atomic mass is 35.5. The van der Waals surface area contributed by atoms with Gasteiger partial charge in [0.2, 0.25) is 5.91 Å². The minimum atomic E-state index is -0.428. The van der Waals surface area contributed by atoms with Gasteiger partial charge in [0.05, 0.1) is 4.92 Å². The molecule has 1 atom stereocenters. The van der Waals surface area contributed by atoms with E-state index in [9.17, 15) is 14.9 Å². The number of anilines is 1. The van der Waals surface area contributed by atoms with Gasteiger partial charge in [0.1, 0.15) is 5.69 Å². The molecular formula is C14H21ClN4O3. The minimum absolute atomic E-state index is 0. The van der Waals surface area contributed by atoms with Gasteiger partial charge in [0.15, 0.2) is 0 Å². The van der Waals surface area contributed by atoms with E-state index in [2.05, 4.69) is 10.6 Å². The Balaban J connectivity index is 0.00000242. The third-order valence-electron chi connectivity index (χ3n) is 3.58. The Bertz CT molecular complexity index is 527. The number of para-hydroxylation sites is 2. The summed E-state index contributed by atoms with van der Waals surface area (Å²) < 4.78 is 0. The molecule has 2 rings (SSSR count). The van der Waals surface area contributed by atoms with E-state index < -0.39 is 4.92 Å². The highest BCUT2D eigenvalue weighted by molar-refractivity contribution is 5.85. The van der Waals surface area contributed by atoms with Crippen LogP contribution in [-0.4, -0.2) is 48.0 Å². The number of nitrogens with one attached hydrogen (secondary N) is 2. The monoisotopic (exact) mass is 328 g/mol. The van der Waals surface area contributed by atoms with Gasteiger partial charge < -0.3 is 15.5 Å². The molecule has 1 aromatic rings. The molecule has 8 heteroatoms. The van der Waals surface area contributed by atoms with Crippen molar-refractivity contribution in [3.8, 4) is 0 Å². The molecule has 1 aliphatic rings. The molecule has 0 saturated carbocycles. The van der Waals surface area contributed by atoms with Crippen molar-refractivity contribution >= 4 is 29.7 Å². The van der Waals surface area contributed by atoms with Gasteiger partial charge in [-0.1, -0.05) is 12.1 Å². The first-order valence-electron chi connectivity index (χ1n) is 7.07. The van der Waals surface area contributed by atoms with Crippen molar-refractivity contribution in [2.45, 2.75) is 19.4 Å². The quantitative estimate of drug-likeness (QED) is 0.633. The number of piperazine rings is 1. The lowest BCUT2D eigenvalue weighted by Crippen LogP contribution is -2.52. The molecule has 7 nitrogen and oxygen atoms in total. The number of nitrogens with zero attached hydrogens (tertiary/aromatic N) is 2. The van der Waals surface area contributed by atoms with Crippen LogP contribution >= 0.6 is 12.4 Å². The Kier molecular flexibility index (Phi) is 7.07. The summed E-state index contributed by atoms with van der Waals surface area (Å²) in [5.74, 6) is 0.0788. The van der Waals surface area contributed by atoms with Crippen molar-refractivity contribution in [1.29, 1.82) is 0 Å². The van der Waals surface area contributed by atoms with Crippen LogP contribution in [0.5, 0.6) is 0 Å². The molecule has 1 fully saturated rings. The fourth-order valence-electron chi connectivity index (χ4n) is 2.44. The van der Waals surface area contributed by atoms with E-state index in [0.29, 0.717) is 25.2 Å². The van der Waals surface area contributed by atoms with Crippen LogP contribution in [0.3, 0.4) is 0 Å². The molecule has 0 bridgehead atoms. The summed E-state index contributed by atoms with van der Waals surface area (Å²) in [4.78, 5) is 24.5. The minimum Gasteiger partial charge on any atom is -0.379 e. The molecule has 0 aliphatic carbocycles. The lowest BCUT2D eigenvalue weighted by atomic mass is 10.2. The number of carbonyl (C=O) groups is 1. The first kappa shape index (κ1) is 18.2. The topological polar surface area (TPSA) is 87.5 Å². The molecular weight excluding hydrogens is 308 g/mol. The van der Waals surface area contributed by atoms with E-state index in [1.807, 2.05) is 11.8 Å². The van der Waals surface area contributed by atoms with E-state index in [4.69, 9.17) is 0 Å². The largest absolute Gasteiger partial charge is 0.379 e. The van der Waals surface area contributed by atoms with Crippen LogP contribution in [-0.2, 0) is 4.79 Å². The van der Waals surface area contributed by atoms with Crippen molar-refractivity contribution in [2.75, 3.05) is 31.5 Å². The van der Waals surface area contributed by atoms with Crippen molar-refractivity contribution in [3.05, 3.63) is 34.4 Å². The van der Waals surface area contributed by atoms with Gasteiger partial charge in [0, 0.05) is 44.7 Å². The highest BCUT2D eigenvalue weighted by Crippen LogP contribution is 2.22. The lowest BCUT2D eigenvalue weighted by Gasteiger charge is -2.34. The van der Waals surface area contributed by atoms with Crippen molar-refractivity contribution in [3.63, 3.8) is 0 Å². The number of nitro groups is 1. The van der Waals surface area contributed by atoms with E-state index in [0.717, 1.165) is 13.1 Å². The van der Waals surface area contributed by atoms with Gasteiger partial charge >= 0.3 is 0 Å². The molecule has 2 N–H and O–H groups in total. The smallest absolute Gasteiger partial charge is 0.292 e. The molecule has 1 saturated heterocycles. The van der Waals surface area contributed by atoms with Crippen LogP contribution in [0.4, 0.5) is 11.4 Å². The standard InChI is InChI=1S/C14H20N4O3.ClH/c1-11-10-15-8-9-17(11)14(19)6-7-16-12-4-2-3-5-13(12)18(20)21;/h2-5,11,15-16H,6-10H2,1H3;1H. The maximum Gasteiger partial charge on any atom is 0.292 e. The summed E-state index contributed by atoms with van der Waals surface area (Å²) in [7, 11) is 0. The van der Waals surface area contributed by atoms with Crippen LogP contribution < -0.4 is 10.6 Å². The fourth-order valence-corrected chi connectivity index (χ4v) is 2.44. The maximum atomic E-state index is 12.1. The van der Waals surface area contributed by atoms with Crippen LogP contribution in [0.2, 0.25) is 0 Å². The molecule has 122 valence electrons. The molecule has 0 spiro atoms. The molecule has 0 radical (unpaired) electrons. The van der Waals surface area contributed by atoms with E-state index in [1.54, 1.807) is 18.2 Å². The number of nitro benzene ring substituents is 1. The summed E-state index contributed by atoms with van der Waals surface area (Å²) in [6.45, 7) is 4.74. The Morgan fingerprint density at radius 1 is 1.50 bits per heavy atom. The van der Waals surface area contributed by atoms with Gasteiger partial charge in [-0.05, 0) is 13.0 Å². The molecule has 1 unspecified atom stereocenters. The number of halogens is 1. The summed E-state index contributed by atoms with van der Waals surface area (Å²) in [5.41, 5.74) is 0.476. The van der Waals surface area contributed by atoms with Crippen LogP contribution in [0, 0.1) is 10.1 Å². The first-order valence-corrected chi connectivity index (χ1v) is 7.07. The summed E-state index contributed by atoms with van der Waals surface area (Å²) >= 11 is 0. The van der Waals surface area contributed by atoms with E-state index >= 15 is 0 Å². The maximum absolute atomic E-state index is 12.1. The molecule has 22 heavy (non-hydrogen) atoms. The van der Waals surface area contributed by atoms with Crippen molar-refractivity contribution in [1.82, 2.24) is 10.2 Å². The van der Waals surface area contributed by atoms with Crippen LogP contribution in [0.15, 0.2) is 24.3 Å². The van der Waals surface area contributed by atoms with Gasteiger partial charge in [-0.3, -0.25) is 14.9 Å². The number of amides is 1. The van der Waals surface area contributed by atoms with Crippen molar-refractivity contribution < 1.29 is 9.72 Å². The summed E-state index contributed by atoms with van der Waals surface area (Å²) in [6.07, 6.45) is 0.330. The molecule has 1 heterocycles. The molecule has 1 aromatic carbocycles. The Hall–Kier alpha value is -1.86. The predicted octanol–water partition coefficient (Wildman–Crippen LogP) is 1.64. The normalized spacial score (nSPS) is 17.5. The third kappa shape index (κ3) is 4.57. The van der Waals surface area contributed by atoms with Crippen LogP contribution in [0.1, 0.15) is 13.3 Å². The van der Waals surface area contributed by atoms with Gasteiger partial charge in [-0.15, -0.1) is 12.4 Å². The Morgan fingerprint density at radius 2 is 2.23 bits per heavy atom. The molecule has 1 amide bonds. The summed E-state index contributed by atoms with van der Waals surface area (Å²) in [6, 6.07) is 6.64. The number of hydrogen-bond acceptors (Lipinski definition) is 5. The second-order valence-electron chi connectivity index (χ2n) is 5.09. The number of rotatable bonds is 5. The van der Waals surface area contributed by atoms with Crippen molar-refractivity contribution in [2.24, 2.45) is 0 Å². The van der Waals surface area contributed by atoms with Gasteiger partial charge in [0.25, 0.3) is 5.69 Å². The molecule has 1 aliphatic heterocycles. The average molecular weight is 329 g/mol. The number of benzene rings is 1. The zero-order valence-corrected chi connectivity index (χ0v) is 13.3. The second-order valence-corrected chi connectivity index (χ2v) is 5.09. The van der Waals surface area contributed by atoms with Crippen LogP contribution in [0.25, 0.3) is 0 Å². The average Bonchev–Trinajstić information content (AvgIpc) is 2.48. The number of hydrogen-bond donors (Lipinski definition) is 2. The molecule has 0 aromatic heterocycles. The summed E-state index contributed by atoms with van der Waals surface area (Å²) in [5, 5.41) is 17.1.